The number of hydrogen-bond donors (Lipinski definition) is 1. The maximum Gasteiger partial charge on any atom is 0.227 e. The molecule has 1 heterocycles. The van der Waals surface area contributed by atoms with Crippen LogP contribution in [0, 0.1) is 11.8 Å². The first-order valence-corrected chi connectivity index (χ1v) is 9.37. The number of rotatable bonds is 7. The van der Waals surface area contributed by atoms with Gasteiger partial charge in [-0.25, -0.2) is 0 Å². The molecule has 136 valence electrons. The van der Waals surface area contributed by atoms with E-state index in [1.54, 1.807) is 12.0 Å². The van der Waals surface area contributed by atoms with E-state index in [4.69, 9.17) is 4.74 Å². The zero-order valence-corrected chi connectivity index (χ0v) is 15.0. The number of nitrogens with one attached hydrogen (secondary N) is 1. The van der Waals surface area contributed by atoms with Crippen LogP contribution in [0.15, 0.2) is 24.3 Å². The fraction of sp³-hybridized carbons (Fsp3) is 0.600. The third-order valence-corrected chi connectivity index (χ3v) is 5.43. The van der Waals surface area contributed by atoms with Crippen molar-refractivity contribution in [3.05, 3.63) is 24.3 Å². The largest absolute Gasteiger partial charge is 0.497 e. The molecule has 2 aliphatic rings. The summed E-state index contributed by atoms with van der Waals surface area (Å²) < 4.78 is 5.15. The third kappa shape index (κ3) is 4.74. The van der Waals surface area contributed by atoms with Crippen LogP contribution >= 0.6 is 0 Å². The fourth-order valence-electron chi connectivity index (χ4n) is 3.91. The van der Waals surface area contributed by atoms with E-state index in [0.29, 0.717) is 25.9 Å². The summed E-state index contributed by atoms with van der Waals surface area (Å²) in [6.07, 6.45) is 7.31. The second-order valence-electron chi connectivity index (χ2n) is 7.27. The van der Waals surface area contributed by atoms with Crippen LogP contribution in [-0.4, -0.2) is 32.0 Å². The fourth-order valence-corrected chi connectivity index (χ4v) is 3.91. The zero-order valence-electron chi connectivity index (χ0n) is 15.0. The first-order valence-electron chi connectivity index (χ1n) is 9.37. The Morgan fingerprint density at radius 3 is 2.60 bits per heavy atom. The SMILES string of the molecule is COc1ccc(N2CC(CNC(=O)CCC3CCCC3)CC2=O)cc1. The van der Waals surface area contributed by atoms with E-state index in [2.05, 4.69) is 5.32 Å². The second-order valence-corrected chi connectivity index (χ2v) is 7.27. The van der Waals surface area contributed by atoms with E-state index in [1.807, 2.05) is 24.3 Å². The molecule has 1 aromatic rings. The van der Waals surface area contributed by atoms with Gasteiger partial charge in [-0.2, -0.15) is 0 Å². The van der Waals surface area contributed by atoms with Gasteiger partial charge in [0.25, 0.3) is 0 Å². The highest BCUT2D eigenvalue weighted by atomic mass is 16.5. The van der Waals surface area contributed by atoms with E-state index < -0.39 is 0 Å². The summed E-state index contributed by atoms with van der Waals surface area (Å²) in [4.78, 5) is 26.1. The van der Waals surface area contributed by atoms with Gasteiger partial charge in [0.05, 0.1) is 7.11 Å². The van der Waals surface area contributed by atoms with Crippen LogP contribution in [0.1, 0.15) is 44.9 Å². The molecule has 1 unspecified atom stereocenters. The predicted molar refractivity (Wildman–Crippen MR) is 97.7 cm³/mol. The molecule has 5 heteroatoms. The molecule has 1 aliphatic carbocycles. The standard InChI is InChI=1S/C20H28N2O3/c1-25-18-9-7-17(8-10-18)22-14-16(12-20(22)24)13-21-19(23)11-6-15-4-2-3-5-15/h7-10,15-16H,2-6,11-14H2,1H3,(H,21,23). The molecular weight excluding hydrogens is 316 g/mol. The minimum atomic E-state index is 0.121. The first kappa shape index (κ1) is 17.8. The lowest BCUT2D eigenvalue weighted by molar-refractivity contribution is -0.122. The number of benzene rings is 1. The van der Waals surface area contributed by atoms with Crippen molar-refractivity contribution in [3.63, 3.8) is 0 Å². The summed E-state index contributed by atoms with van der Waals surface area (Å²) in [5.74, 6) is 1.95. The number of hydrogen-bond acceptors (Lipinski definition) is 3. The van der Waals surface area contributed by atoms with Crippen LogP contribution < -0.4 is 15.0 Å². The van der Waals surface area contributed by atoms with E-state index in [1.165, 1.54) is 25.7 Å². The number of carbonyl (C=O) groups excluding carboxylic acids is 2. The highest BCUT2D eigenvalue weighted by Crippen LogP contribution is 2.29. The Morgan fingerprint density at radius 2 is 1.92 bits per heavy atom. The number of anilines is 1. The van der Waals surface area contributed by atoms with Gasteiger partial charge < -0.3 is 15.0 Å². The van der Waals surface area contributed by atoms with Crippen LogP contribution in [0.5, 0.6) is 5.75 Å². The van der Waals surface area contributed by atoms with Crippen molar-refractivity contribution in [1.82, 2.24) is 5.32 Å². The van der Waals surface area contributed by atoms with E-state index in [0.717, 1.165) is 23.8 Å². The number of methoxy groups -OCH3 is 1. The Morgan fingerprint density at radius 1 is 1.20 bits per heavy atom. The molecule has 1 atom stereocenters. The molecule has 0 radical (unpaired) electrons. The minimum Gasteiger partial charge on any atom is -0.497 e. The van der Waals surface area contributed by atoms with Gasteiger partial charge in [-0.1, -0.05) is 25.7 Å². The van der Waals surface area contributed by atoms with Crippen molar-refractivity contribution in [1.29, 1.82) is 0 Å². The van der Waals surface area contributed by atoms with Gasteiger partial charge in [0.15, 0.2) is 0 Å². The van der Waals surface area contributed by atoms with Crippen molar-refractivity contribution in [2.45, 2.75) is 44.9 Å². The zero-order chi connectivity index (χ0) is 17.6. The van der Waals surface area contributed by atoms with E-state index in [9.17, 15) is 9.59 Å². The Labute approximate surface area is 149 Å². The lowest BCUT2D eigenvalue weighted by Gasteiger charge is -2.17. The van der Waals surface area contributed by atoms with Crippen molar-refractivity contribution in [2.75, 3.05) is 25.1 Å². The van der Waals surface area contributed by atoms with Gasteiger partial charge in [0.2, 0.25) is 11.8 Å². The molecule has 3 rings (SSSR count). The predicted octanol–water partition coefficient (Wildman–Crippen LogP) is 3.13. The van der Waals surface area contributed by atoms with Crippen LogP contribution in [0.2, 0.25) is 0 Å². The second kappa shape index (κ2) is 8.37. The van der Waals surface area contributed by atoms with Crippen LogP contribution in [0.4, 0.5) is 5.69 Å². The highest BCUT2D eigenvalue weighted by Gasteiger charge is 2.30. The third-order valence-electron chi connectivity index (χ3n) is 5.43. The molecule has 0 aromatic heterocycles. The Balaban J connectivity index is 1.43. The molecule has 1 N–H and O–H groups in total. The molecule has 25 heavy (non-hydrogen) atoms. The average molecular weight is 344 g/mol. The highest BCUT2D eigenvalue weighted by molar-refractivity contribution is 5.95. The number of amides is 2. The van der Waals surface area contributed by atoms with Crippen LogP contribution in [-0.2, 0) is 9.59 Å². The quantitative estimate of drug-likeness (QED) is 0.827. The molecule has 0 spiro atoms. The van der Waals surface area contributed by atoms with Crippen molar-refractivity contribution < 1.29 is 14.3 Å². The smallest absolute Gasteiger partial charge is 0.227 e. The minimum absolute atomic E-state index is 0.121. The van der Waals surface area contributed by atoms with Crippen molar-refractivity contribution in [2.24, 2.45) is 11.8 Å². The molecular formula is C20H28N2O3. The maximum atomic E-state index is 12.3. The van der Waals surface area contributed by atoms with Crippen LogP contribution in [0.3, 0.4) is 0 Å². The monoisotopic (exact) mass is 344 g/mol. The molecule has 1 aromatic carbocycles. The Kier molecular flexibility index (Phi) is 5.95. The normalized spacial score (nSPS) is 20.9. The Bertz CT molecular complexity index is 593. The Hall–Kier alpha value is -2.04. The van der Waals surface area contributed by atoms with Crippen molar-refractivity contribution in [3.8, 4) is 5.75 Å². The van der Waals surface area contributed by atoms with Crippen LogP contribution in [0.25, 0.3) is 0 Å². The van der Waals surface area contributed by atoms with Gasteiger partial charge in [-0.15, -0.1) is 0 Å². The maximum absolute atomic E-state index is 12.3. The number of ether oxygens (including phenoxy) is 1. The summed E-state index contributed by atoms with van der Waals surface area (Å²) in [6, 6.07) is 7.53. The topological polar surface area (TPSA) is 58.6 Å². The molecule has 1 aliphatic heterocycles. The summed E-state index contributed by atoms with van der Waals surface area (Å²) in [7, 11) is 1.63. The lowest BCUT2D eigenvalue weighted by atomic mass is 10.0. The molecule has 0 bridgehead atoms. The summed E-state index contributed by atoms with van der Waals surface area (Å²) >= 11 is 0. The summed E-state index contributed by atoms with van der Waals surface area (Å²) in [6.45, 7) is 1.25. The van der Waals surface area contributed by atoms with E-state index >= 15 is 0 Å². The summed E-state index contributed by atoms with van der Waals surface area (Å²) in [5, 5.41) is 3.02. The van der Waals surface area contributed by atoms with Gasteiger partial charge >= 0.3 is 0 Å². The van der Waals surface area contributed by atoms with E-state index in [-0.39, 0.29) is 17.7 Å². The average Bonchev–Trinajstić information content (AvgIpc) is 3.28. The molecule has 5 nitrogen and oxygen atoms in total. The number of nitrogens with zero attached hydrogens (tertiary/aromatic N) is 1. The molecule has 1 saturated carbocycles. The first-order chi connectivity index (χ1) is 12.2. The number of carbonyl (C=O) groups is 2. The summed E-state index contributed by atoms with van der Waals surface area (Å²) in [5.41, 5.74) is 0.890. The van der Waals surface area contributed by atoms with Gasteiger partial charge in [0, 0.05) is 37.5 Å². The van der Waals surface area contributed by atoms with Gasteiger partial charge in [-0.05, 0) is 36.6 Å². The van der Waals surface area contributed by atoms with Crippen molar-refractivity contribution >= 4 is 17.5 Å². The lowest BCUT2D eigenvalue weighted by Crippen LogP contribution is -2.31. The molecule has 1 saturated heterocycles. The molecule has 2 fully saturated rings. The molecule has 2 amide bonds. The van der Waals surface area contributed by atoms with Gasteiger partial charge in [0.1, 0.15) is 5.75 Å². The van der Waals surface area contributed by atoms with Gasteiger partial charge in [-0.3, -0.25) is 9.59 Å².